The number of rotatable bonds is 2. The monoisotopic (exact) mass is 437 g/mol. The summed E-state index contributed by atoms with van der Waals surface area (Å²) < 4.78 is 52.6. The van der Waals surface area contributed by atoms with Crippen LogP contribution in [0.3, 0.4) is 0 Å². The molecule has 1 unspecified atom stereocenters. The normalized spacial score (nSPS) is 23.3. The molecule has 2 heterocycles. The molecule has 2 aliphatic carbocycles. The number of hydrogen-bond acceptors (Lipinski definition) is 4. The summed E-state index contributed by atoms with van der Waals surface area (Å²) in [5, 5.41) is 12.6. The van der Waals surface area contributed by atoms with E-state index >= 15 is 0 Å². The van der Waals surface area contributed by atoms with E-state index in [1.54, 1.807) is 0 Å². The van der Waals surface area contributed by atoms with Crippen molar-refractivity contribution in [3.05, 3.63) is 34.3 Å². The number of anilines is 1. The highest BCUT2D eigenvalue weighted by Gasteiger charge is 2.34. The standard InChI is InChI=1S/C19H21F2N5O3S/c1-9-8-26-18(29-9)15(7-23-26)30(22,28)25-19(27)24-17-12-4-2-3-11(12)16(21)13-5-10(20)6-14(13)17/h7,9-10H,2-6,8H2,1H3,(H3,22,24,25,27,28)/t9-,10+,30?/m0/s1. The summed E-state index contributed by atoms with van der Waals surface area (Å²) in [5.41, 5.74) is 2.33. The molecule has 0 bridgehead atoms. The van der Waals surface area contributed by atoms with Crippen LogP contribution >= 0.6 is 0 Å². The maximum absolute atomic E-state index is 14.8. The lowest BCUT2D eigenvalue weighted by Crippen LogP contribution is -2.19. The molecule has 2 aromatic rings. The predicted octanol–water partition coefficient (Wildman–Crippen LogP) is 2.66. The van der Waals surface area contributed by atoms with Crippen molar-refractivity contribution in [1.29, 1.82) is 0 Å². The molecule has 0 spiro atoms. The first kappa shape index (κ1) is 19.4. The van der Waals surface area contributed by atoms with E-state index < -0.39 is 22.1 Å². The van der Waals surface area contributed by atoms with Crippen molar-refractivity contribution in [2.75, 3.05) is 5.32 Å². The van der Waals surface area contributed by atoms with Gasteiger partial charge in [-0.25, -0.2) is 27.6 Å². The third-order valence-electron chi connectivity index (χ3n) is 5.83. The predicted molar refractivity (Wildman–Crippen MR) is 105 cm³/mol. The van der Waals surface area contributed by atoms with E-state index in [9.17, 15) is 17.8 Å². The summed E-state index contributed by atoms with van der Waals surface area (Å²) in [5.74, 6) is -0.132. The van der Waals surface area contributed by atoms with Crippen LogP contribution in [0.5, 0.6) is 5.88 Å². The molecule has 8 nitrogen and oxygen atoms in total. The number of benzene rings is 1. The van der Waals surface area contributed by atoms with Gasteiger partial charge in [-0.15, -0.1) is 4.36 Å². The van der Waals surface area contributed by atoms with Gasteiger partial charge in [-0.2, -0.15) is 5.10 Å². The number of nitrogens with one attached hydrogen (secondary N) is 1. The Morgan fingerprint density at radius 1 is 1.33 bits per heavy atom. The molecule has 1 aliphatic heterocycles. The highest BCUT2D eigenvalue weighted by molar-refractivity contribution is 7.91. The fourth-order valence-electron chi connectivity index (χ4n) is 4.59. The Morgan fingerprint density at radius 2 is 2.07 bits per heavy atom. The van der Waals surface area contributed by atoms with Gasteiger partial charge in [0.15, 0.2) is 9.92 Å². The van der Waals surface area contributed by atoms with Crippen molar-refractivity contribution in [3.8, 4) is 5.88 Å². The van der Waals surface area contributed by atoms with Crippen LogP contribution in [0.2, 0.25) is 0 Å². The molecule has 1 aromatic carbocycles. The summed E-state index contributed by atoms with van der Waals surface area (Å²) in [6.45, 7) is 2.31. The van der Waals surface area contributed by atoms with Crippen LogP contribution in [0.4, 0.5) is 19.3 Å². The largest absolute Gasteiger partial charge is 0.472 e. The van der Waals surface area contributed by atoms with Crippen LogP contribution in [0.15, 0.2) is 15.5 Å². The minimum Gasteiger partial charge on any atom is -0.472 e. The zero-order chi connectivity index (χ0) is 21.2. The second-order valence-electron chi connectivity index (χ2n) is 7.98. The van der Waals surface area contributed by atoms with E-state index in [4.69, 9.17) is 9.88 Å². The van der Waals surface area contributed by atoms with Crippen LogP contribution < -0.4 is 15.2 Å². The Hall–Kier alpha value is -2.53. The Labute approximate surface area is 172 Å². The number of carbonyl (C=O) groups excluding carboxylic acids is 1. The second-order valence-corrected chi connectivity index (χ2v) is 9.74. The molecule has 0 radical (unpaired) electrons. The van der Waals surface area contributed by atoms with Gasteiger partial charge < -0.3 is 10.1 Å². The molecule has 11 heteroatoms. The zero-order valence-electron chi connectivity index (χ0n) is 16.3. The summed E-state index contributed by atoms with van der Waals surface area (Å²) in [4.78, 5) is 12.7. The smallest absolute Gasteiger partial charge is 0.354 e. The first-order chi connectivity index (χ1) is 14.2. The molecule has 160 valence electrons. The SMILES string of the molecule is C[C@H]1Cn2ncc(S(N)(=O)=NC(=O)Nc3c4c(c(F)c5c3C[C@H](F)C5)CCC4)c2O1. The number of alkyl halides is 1. The lowest BCUT2D eigenvalue weighted by Gasteiger charge is -2.16. The van der Waals surface area contributed by atoms with Crippen molar-refractivity contribution in [3.63, 3.8) is 0 Å². The Morgan fingerprint density at radius 3 is 2.87 bits per heavy atom. The third kappa shape index (κ3) is 2.99. The van der Waals surface area contributed by atoms with Crippen LogP contribution in [-0.2, 0) is 42.1 Å². The van der Waals surface area contributed by atoms with E-state index in [-0.39, 0.29) is 35.5 Å². The number of aromatic nitrogens is 2. The van der Waals surface area contributed by atoms with E-state index in [1.165, 1.54) is 10.9 Å². The number of nitrogens with two attached hydrogens (primary N) is 1. The first-order valence-electron chi connectivity index (χ1n) is 9.82. The van der Waals surface area contributed by atoms with Crippen LogP contribution in [0, 0.1) is 5.82 Å². The molecule has 0 saturated carbocycles. The van der Waals surface area contributed by atoms with Gasteiger partial charge in [0.25, 0.3) is 0 Å². The molecule has 5 rings (SSSR count). The fraction of sp³-hybridized carbons (Fsp3) is 0.474. The molecule has 0 saturated heterocycles. The maximum Gasteiger partial charge on any atom is 0.354 e. The lowest BCUT2D eigenvalue weighted by atomic mass is 9.98. The molecule has 1 aromatic heterocycles. The number of hydrogen-bond donors (Lipinski definition) is 2. The van der Waals surface area contributed by atoms with E-state index in [0.717, 1.165) is 6.42 Å². The van der Waals surface area contributed by atoms with Gasteiger partial charge in [0.05, 0.1) is 12.7 Å². The van der Waals surface area contributed by atoms with Gasteiger partial charge >= 0.3 is 6.03 Å². The van der Waals surface area contributed by atoms with Gasteiger partial charge in [-0.3, -0.25) is 0 Å². The molecule has 3 aliphatic rings. The van der Waals surface area contributed by atoms with E-state index in [1.807, 2.05) is 6.92 Å². The number of amides is 2. The van der Waals surface area contributed by atoms with E-state index in [2.05, 4.69) is 14.8 Å². The summed E-state index contributed by atoms with van der Waals surface area (Å²) in [7, 11) is -3.63. The molecule has 3 atom stereocenters. The molecular weight excluding hydrogens is 416 g/mol. The minimum absolute atomic E-state index is 0.0137. The topological polar surface area (TPSA) is 112 Å². The third-order valence-corrected chi connectivity index (χ3v) is 7.18. The maximum atomic E-state index is 14.8. The number of ether oxygens (including phenoxy) is 1. The van der Waals surface area contributed by atoms with Crippen LogP contribution in [0.1, 0.15) is 35.6 Å². The van der Waals surface area contributed by atoms with Gasteiger partial charge in [0.1, 0.15) is 23.0 Å². The van der Waals surface area contributed by atoms with Gasteiger partial charge in [0.2, 0.25) is 5.88 Å². The van der Waals surface area contributed by atoms with Gasteiger partial charge in [0, 0.05) is 18.5 Å². The second kappa shape index (κ2) is 6.74. The summed E-state index contributed by atoms with van der Waals surface area (Å²) in [6.07, 6.45) is 1.80. The Bertz CT molecular complexity index is 1200. The highest BCUT2D eigenvalue weighted by Crippen LogP contribution is 2.41. The van der Waals surface area contributed by atoms with Crippen molar-refractivity contribution < 1.29 is 22.5 Å². The summed E-state index contributed by atoms with van der Waals surface area (Å²) >= 11 is 0. The zero-order valence-corrected chi connectivity index (χ0v) is 17.1. The Kier molecular flexibility index (Phi) is 4.37. The fourth-order valence-corrected chi connectivity index (χ4v) is 5.59. The molecule has 0 fully saturated rings. The number of carbonyl (C=O) groups is 1. The van der Waals surface area contributed by atoms with E-state index in [0.29, 0.717) is 47.3 Å². The minimum atomic E-state index is -3.63. The molecule has 3 N–H and O–H groups in total. The van der Waals surface area contributed by atoms with Gasteiger partial charge in [-0.1, -0.05) is 0 Å². The lowest BCUT2D eigenvalue weighted by molar-refractivity contribution is 0.248. The summed E-state index contributed by atoms with van der Waals surface area (Å²) in [6, 6.07) is -0.932. The Balaban J connectivity index is 1.51. The molecule has 2 amide bonds. The number of fused-ring (bicyclic) bond motifs is 3. The average molecular weight is 437 g/mol. The molecule has 30 heavy (non-hydrogen) atoms. The van der Waals surface area contributed by atoms with Crippen LogP contribution in [-0.4, -0.2) is 32.3 Å². The van der Waals surface area contributed by atoms with Crippen molar-refractivity contribution in [2.24, 2.45) is 9.50 Å². The van der Waals surface area contributed by atoms with Crippen molar-refractivity contribution in [1.82, 2.24) is 9.78 Å². The van der Waals surface area contributed by atoms with Crippen molar-refractivity contribution in [2.45, 2.75) is 62.7 Å². The van der Waals surface area contributed by atoms with Gasteiger partial charge in [-0.05, 0) is 48.4 Å². The van der Waals surface area contributed by atoms with Crippen LogP contribution in [0.25, 0.3) is 0 Å². The number of halogens is 2. The average Bonchev–Trinajstić information content (AvgIpc) is 3.40. The highest BCUT2D eigenvalue weighted by atomic mass is 32.2. The van der Waals surface area contributed by atoms with Crippen molar-refractivity contribution >= 4 is 21.6 Å². The number of nitrogens with zero attached hydrogens (tertiary/aromatic N) is 3. The first-order valence-corrected chi connectivity index (χ1v) is 11.4. The molecular formula is C19H21F2N5O3S. The quantitative estimate of drug-likeness (QED) is 0.752. The number of urea groups is 1.